The molecule has 154 valence electrons. The molecule has 1 aromatic rings. The Morgan fingerprint density at radius 3 is 2.32 bits per heavy atom. The lowest BCUT2D eigenvalue weighted by Crippen LogP contribution is -2.56. The predicted molar refractivity (Wildman–Crippen MR) is 87.4 cm³/mol. The highest BCUT2D eigenvalue weighted by Crippen LogP contribution is 2.21. The van der Waals surface area contributed by atoms with Gasteiger partial charge in [0.15, 0.2) is 11.6 Å². The minimum absolute atomic E-state index is 0.161. The SMILES string of the molecule is N=C1CN(C(=O)CC(N)Cc2cc(F)c(F)cc2F)CCN1C(=N)C(F)(F)F. The summed E-state index contributed by atoms with van der Waals surface area (Å²) in [6.45, 7) is -0.981. The van der Waals surface area contributed by atoms with Gasteiger partial charge in [0, 0.05) is 31.6 Å². The lowest BCUT2D eigenvalue weighted by atomic mass is 10.0. The van der Waals surface area contributed by atoms with Crippen molar-refractivity contribution in [3.63, 3.8) is 0 Å². The van der Waals surface area contributed by atoms with E-state index in [1.165, 1.54) is 0 Å². The Hall–Kier alpha value is -2.63. The topological polar surface area (TPSA) is 97.3 Å². The number of nitrogens with two attached hydrogens (primary N) is 1. The molecule has 12 heteroatoms. The third kappa shape index (κ3) is 5.00. The normalized spacial score (nSPS) is 16.3. The molecule has 1 aromatic carbocycles. The van der Waals surface area contributed by atoms with Crippen molar-refractivity contribution in [1.29, 1.82) is 10.8 Å². The maximum Gasteiger partial charge on any atom is 0.449 e. The maximum atomic E-state index is 13.6. The summed E-state index contributed by atoms with van der Waals surface area (Å²) in [6, 6.07) is 0.0641. The molecule has 1 heterocycles. The number of hydrogen-bond acceptors (Lipinski definition) is 4. The summed E-state index contributed by atoms with van der Waals surface area (Å²) < 4.78 is 77.5. The van der Waals surface area contributed by atoms with Crippen LogP contribution < -0.4 is 5.73 Å². The summed E-state index contributed by atoms with van der Waals surface area (Å²) in [5.74, 6) is -6.46. The molecule has 1 aliphatic heterocycles. The Bertz CT molecular complexity index is 796. The van der Waals surface area contributed by atoms with Gasteiger partial charge < -0.3 is 15.5 Å². The summed E-state index contributed by atoms with van der Waals surface area (Å²) >= 11 is 0. The molecule has 0 radical (unpaired) electrons. The summed E-state index contributed by atoms with van der Waals surface area (Å²) in [4.78, 5) is 13.8. The van der Waals surface area contributed by atoms with Crippen LogP contribution >= 0.6 is 0 Å². The van der Waals surface area contributed by atoms with Gasteiger partial charge in [0.25, 0.3) is 0 Å². The molecule has 1 amide bonds. The number of alkyl halides is 3. The molecule has 1 fully saturated rings. The van der Waals surface area contributed by atoms with Gasteiger partial charge in [-0.1, -0.05) is 0 Å². The first-order valence-electron chi connectivity index (χ1n) is 8.07. The van der Waals surface area contributed by atoms with E-state index in [2.05, 4.69) is 0 Å². The minimum atomic E-state index is -4.91. The number of halogens is 6. The predicted octanol–water partition coefficient (Wildman–Crippen LogP) is 2.02. The molecule has 4 N–H and O–H groups in total. The Kier molecular flexibility index (Phi) is 6.32. The lowest BCUT2D eigenvalue weighted by Gasteiger charge is -2.37. The first-order chi connectivity index (χ1) is 12.9. The van der Waals surface area contributed by atoms with E-state index in [0.29, 0.717) is 17.0 Å². The van der Waals surface area contributed by atoms with Crippen molar-refractivity contribution in [3.8, 4) is 0 Å². The molecule has 1 saturated heterocycles. The van der Waals surface area contributed by atoms with Crippen LogP contribution in [-0.2, 0) is 11.2 Å². The van der Waals surface area contributed by atoms with E-state index in [9.17, 15) is 31.1 Å². The van der Waals surface area contributed by atoms with E-state index in [1.807, 2.05) is 0 Å². The van der Waals surface area contributed by atoms with E-state index in [4.69, 9.17) is 16.6 Å². The van der Waals surface area contributed by atoms with Crippen molar-refractivity contribution >= 4 is 17.6 Å². The summed E-state index contributed by atoms with van der Waals surface area (Å²) in [6.07, 6.45) is -5.50. The van der Waals surface area contributed by atoms with Crippen LogP contribution in [-0.4, -0.2) is 59.2 Å². The number of rotatable bonds is 4. The zero-order chi connectivity index (χ0) is 21.2. The van der Waals surface area contributed by atoms with Crippen LogP contribution in [0.2, 0.25) is 0 Å². The zero-order valence-corrected chi connectivity index (χ0v) is 14.4. The van der Waals surface area contributed by atoms with Gasteiger partial charge in [-0.3, -0.25) is 15.6 Å². The van der Waals surface area contributed by atoms with Crippen LogP contribution in [0.15, 0.2) is 12.1 Å². The van der Waals surface area contributed by atoms with Gasteiger partial charge in [-0.15, -0.1) is 0 Å². The molecule has 0 spiro atoms. The van der Waals surface area contributed by atoms with Gasteiger partial charge >= 0.3 is 6.18 Å². The van der Waals surface area contributed by atoms with Crippen molar-refractivity contribution in [2.75, 3.05) is 19.6 Å². The van der Waals surface area contributed by atoms with E-state index in [-0.39, 0.29) is 31.5 Å². The number of nitrogens with zero attached hydrogens (tertiary/aromatic N) is 2. The minimum Gasteiger partial charge on any atom is -0.333 e. The molecule has 0 aromatic heterocycles. The highest BCUT2D eigenvalue weighted by Gasteiger charge is 2.41. The average Bonchev–Trinajstić information content (AvgIpc) is 2.58. The third-order valence-electron chi connectivity index (χ3n) is 4.16. The van der Waals surface area contributed by atoms with Crippen LogP contribution in [0.3, 0.4) is 0 Å². The molecule has 1 atom stereocenters. The fourth-order valence-corrected chi connectivity index (χ4v) is 2.74. The Morgan fingerprint density at radius 1 is 1.14 bits per heavy atom. The van der Waals surface area contributed by atoms with Crippen molar-refractivity contribution < 1.29 is 31.1 Å². The Labute approximate surface area is 155 Å². The maximum absolute atomic E-state index is 13.6. The van der Waals surface area contributed by atoms with Crippen molar-refractivity contribution in [1.82, 2.24) is 9.80 Å². The molecule has 1 unspecified atom stereocenters. The van der Waals surface area contributed by atoms with Crippen molar-refractivity contribution in [2.45, 2.75) is 25.1 Å². The highest BCUT2D eigenvalue weighted by atomic mass is 19.4. The molecule has 1 aliphatic rings. The molecule has 0 aliphatic carbocycles. The number of amidine groups is 2. The van der Waals surface area contributed by atoms with Crippen LogP contribution in [0.5, 0.6) is 0 Å². The molecule has 2 rings (SSSR count). The second-order valence-corrected chi connectivity index (χ2v) is 6.29. The second kappa shape index (κ2) is 8.17. The smallest absolute Gasteiger partial charge is 0.333 e. The fourth-order valence-electron chi connectivity index (χ4n) is 2.74. The lowest BCUT2D eigenvalue weighted by molar-refractivity contribution is -0.131. The zero-order valence-electron chi connectivity index (χ0n) is 14.4. The van der Waals surface area contributed by atoms with Gasteiger partial charge in [-0.25, -0.2) is 13.2 Å². The van der Waals surface area contributed by atoms with Crippen LogP contribution in [0.25, 0.3) is 0 Å². The molecular formula is C16H17F6N5O. The van der Waals surface area contributed by atoms with Gasteiger partial charge in [-0.2, -0.15) is 13.2 Å². The van der Waals surface area contributed by atoms with Gasteiger partial charge in [-0.05, 0) is 18.1 Å². The highest BCUT2D eigenvalue weighted by molar-refractivity contribution is 6.02. The number of carbonyl (C=O) groups excluding carboxylic acids is 1. The van der Waals surface area contributed by atoms with Crippen LogP contribution in [0.4, 0.5) is 26.3 Å². The number of benzene rings is 1. The standard InChI is InChI=1S/C16H17F6N5O/c17-10-6-12(19)11(18)4-8(10)3-9(23)5-14(28)26-1-2-27(13(24)7-26)15(25)16(20,21)22/h4,6,9,24-25H,1-3,5,7,23H2. The number of amides is 1. The van der Waals surface area contributed by atoms with E-state index in [1.54, 1.807) is 0 Å². The molecular weight excluding hydrogens is 392 g/mol. The second-order valence-electron chi connectivity index (χ2n) is 6.29. The number of nitrogens with one attached hydrogen (secondary N) is 2. The Morgan fingerprint density at radius 2 is 1.75 bits per heavy atom. The number of carbonyl (C=O) groups is 1. The monoisotopic (exact) mass is 409 g/mol. The van der Waals surface area contributed by atoms with E-state index in [0.717, 1.165) is 4.90 Å². The Balaban J connectivity index is 1.94. The number of hydrogen-bond donors (Lipinski definition) is 3. The number of piperazine rings is 1. The first-order valence-corrected chi connectivity index (χ1v) is 8.07. The van der Waals surface area contributed by atoms with Crippen molar-refractivity contribution in [3.05, 3.63) is 35.1 Å². The summed E-state index contributed by atoms with van der Waals surface area (Å²) in [5.41, 5.74) is 5.55. The summed E-state index contributed by atoms with van der Waals surface area (Å²) in [5, 5.41) is 14.7. The van der Waals surface area contributed by atoms with Gasteiger partial charge in [0.05, 0.1) is 6.54 Å². The van der Waals surface area contributed by atoms with Crippen LogP contribution in [0.1, 0.15) is 12.0 Å². The largest absolute Gasteiger partial charge is 0.449 e. The van der Waals surface area contributed by atoms with E-state index >= 15 is 0 Å². The average molecular weight is 409 g/mol. The molecule has 28 heavy (non-hydrogen) atoms. The first kappa shape index (κ1) is 21.7. The molecule has 0 saturated carbocycles. The van der Waals surface area contributed by atoms with E-state index < -0.39 is 53.8 Å². The summed E-state index contributed by atoms with van der Waals surface area (Å²) in [7, 11) is 0. The quantitative estimate of drug-likeness (QED) is 0.307. The van der Waals surface area contributed by atoms with Crippen LogP contribution in [0, 0.1) is 28.3 Å². The van der Waals surface area contributed by atoms with Gasteiger partial charge in [0.2, 0.25) is 11.7 Å². The fraction of sp³-hybridized carbons (Fsp3) is 0.438. The molecule has 0 bridgehead atoms. The third-order valence-corrected chi connectivity index (χ3v) is 4.16. The van der Waals surface area contributed by atoms with Crippen molar-refractivity contribution in [2.24, 2.45) is 5.73 Å². The molecule has 6 nitrogen and oxygen atoms in total. The van der Waals surface area contributed by atoms with Gasteiger partial charge in [0.1, 0.15) is 11.7 Å².